The van der Waals surface area contributed by atoms with E-state index in [-0.39, 0.29) is 36.8 Å². The van der Waals surface area contributed by atoms with Gasteiger partial charge in [-0.1, -0.05) is 40.5 Å². The number of nitrogens with zero attached hydrogens (tertiary/aromatic N) is 3. The van der Waals surface area contributed by atoms with Crippen molar-refractivity contribution < 1.29 is 50.6 Å². The second-order valence-electron chi connectivity index (χ2n) is 17.8. The van der Waals surface area contributed by atoms with Gasteiger partial charge < -0.3 is 29.7 Å². The zero-order valence-electron chi connectivity index (χ0n) is 33.6. The van der Waals surface area contributed by atoms with Crippen molar-refractivity contribution in [2.24, 2.45) is 23.2 Å². The number of carbonyl (C=O) groups is 4. The van der Waals surface area contributed by atoms with Gasteiger partial charge >= 0.3 is 6.09 Å². The second-order valence-corrected chi connectivity index (χ2v) is 19.8. The summed E-state index contributed by atoms with van der Waals surface area (Å²) in [5.74, 6) is -3.47. The molecule has 1 saturated heterocycles. The number of aryl methyl sites for hydroxylation is 1. The molecule has 7 rings (SSSR count). The van der Waals surface area contributed by atoms with Crippen molar-refractivity contribution >= 4 is 44.9 Å². The first kappa shape index (κ1) is 41.8. The van der Waals surface area contributed by atoms with Crippen molar-refractivity contribution in [3.63, 3.8) is 0 Å². The molecule has 0 unspecified atom stereocenters. The highest BCUT2D eigenvalue weighted by molar-refractivity contribution is 7.91. The molecule has 3 saturated carbocycles. The molecular weight excluding hydrogens is 779 g/mol. The standard InChI is InChI=1S/C40H54F2N6O9S/c1-21-11-12-22-9-7-6-8-10-28-35(44-29-17-23(55-5)13-16-27(29)43-28)56-24-18-30(48(20-24)36(50)32(39(2,3)4)45-38(52)57-31(21)22)34(49)46-40(19-26(40)33(41)42)37(51)47-58(53,54)25-14-15-25/h13,16-17,21-22,24-26,30-33H,6-12,14-15,18-20H2,1-5H3,(H,45,52)(H,46,49)(H,47,51)/t21-,22-,24-,26+,30+,31-,32-,40-/m1/s1. The third-order valence-electron chi connectivity index (χ3n) is 12.4. The molecule has 15 nitrogen and oxygen atoms in total. The van der Waals surface area contributed by atoms with E-state index in [1.54, 1.807) is 39.0 Å². The van der Waals surface area contributed by atoms with Gasteiger partial charge in [-0.25, -0.2) is 32.0 Å². The van der Waals surface area contributed by atoms with Crippen molar-refractivity contribution in [3.05, 3.63) is 23.9 Å². The Labute approximate surface area is 337 Å². The first-order valence-corrected chi connectivity index (χ1v) is 21.9. The van der Waals surface area contributed by atoms with Gasteiger partial charge in [0.05, 0.1) is 35.9 Å². The topological polar surface area (TPSA) is 195 Å². The van der Waals surface area contributed by atoms with Crippen LogP contribution < -0.4 is 24.8 Å². The molecule has 3 heterocycles. The number of carbonyl (C=O) groups excluding carboxylic acids is 4. The number of rotatable bonds is 7. The molecule has 18 heteroatoms. The van der Waals surface area contributed by atoms with E-state index in [2.05, 4.69) is 10.6 Å². The number of alkyl carbamates (subject to hydrolysis) is 1. The Balaban J connectivity index is 1.24. The van der Waals surface area contributed by atoms with Crippen molar-refractivity contribution in [2.75, 3.05) is 13.7 Å². The predicted octanol–water partition coefficient (Wildman–Crippen LogP) is 4.41. The number of hydrogen-bond donors (Lipinski definition) is 3. The van der Waals surface area contributed by atoms with Crippen molar-refractivity contribution in [1.82, 2.24) is 30.2 Å². The number of methoxy groups -OCH3 is 1. The fourth-order valence-electron chi connectivity index (χ4n) is 8.77. The van der Waals surface area contributed by atoms with E-state index in [1.165, 1.54) is 12.0 Å². The zero-order chi connectivity index (χ0) is 41.7. The normalized spacial score (nSPS) is 30.9. The molecule has 8 atom stereocenters. The highest BCUT2D eigenvalue weighted by atomic mass is 32.2. The van der Waals surface area contributed by atoms with Crippen molar-refractivity contribution in [2.45, 2.75) is 140 Å². The third-order valence-corrected chi connectivity index (χ3v) is 14.2. The third kappa shape index (κ3) is 8.67. The summed E-state index contributed by atoms with van der Waals surface area (Å²) in [5.41, 5.74) is -1.41. The highest BCUT2D eigenvalue weighted by Gasteiger charge is 2.67. The molecular formula is C40H54F2N6O9S. The molecule has 58 heavy (non-hydrogen) atoms. The molecule has 5 aliphatic rings. The van der Waals surface area contributed by atoms with E-state index in [9.17, 15) is 36.4 Å². The van der Waals surface area contributed by atoms with E-state index in [0.29, 0.717) is 41.7 Å². The molecule has 0 radical (unpaired) electrons. The predicted molar refractivity (Wildman–Crippen MR) is 206 cm³/mol. The van der Waals surface area contributed by atoms with Crippen molar-refractivity contribution in [1.29, 1.82) is 0 Å². The minimum absolute atomic E-state index is 0.118. The van der Waals surface area contributed by atoms with E-state index in [1.807, 2.05) is 11.6 Å². The van der Waals surface area contributed by atoms with E-state index in [4.69, 9.17) is 24.2 Å². The maximum atomic E-state index is 14.7. The lowest BCUT2D eigenvalue weighted by molar-refractivity contribution is -0.143. The largest absolute Gasteiger partial charge is 0.497 e. The molecule has 2 bridgehead atoms. The lowest BCUT2D eigenvalue weighted by Crippen LogP contribution is -2.60. The Morgan fingerprint density at radius 3 is 2.47 bits per heavy atom. The van der Waals surface area contributed by atoms with Gasteiger partial charge in [0.2, 0.25) is 34.1 Å². The zero-order valence-corrected chi connectivity index (χ0v) is 34.4. The molecule has 4 fully saturated rings. The van der Waals surface area contributed by atoms with Crippen LogP contribution in [-0.2, 0) is 35.6 Å². The fraction of sp³-hybridized carbons (Fsp3) is 0.700. The van der Waals surface area contributed by atoms with Crippen LogP contribution in [0.1, 0.15) is 97.6 Å². The summed E-state index contributed by atoms with van der Waals surface area (Å²) >= 11 is 0. The number of fused-ring (bicyclic) bond motifs is 5. The van der Waals surface area contributed by atoms with Crippen LogP contribution in [0.2, 0.25) is 0 Å². The maximum Gasteiger partial charge on any atom is 0.408 e. The van der Waals surface area contributed by atoms with Crippen molar-refractivity contribution in [3.8, 4) is 11.6 Å². The second kappa shape index (κ2) is 16.0. The summed E-state index contributed by atoms with van der Waals surface area (Å²) in [5, 5.41) is 4.43. The van der Waals surface area contributed by atoms with Crippen LogP contribution in [0.3, 0.4) is 0 Å². The Morgan fingerprint density at radius 2 is 1.79 bits per heavy atom. The molecule has 318 valence electrons. The van der Waals surface area contributed by atoms with Gasteiger partial charge in [0.15, 0.2) is 0 Å². The molecule has 3 aliphatic carbocycles. The van der Waals surface area contributed by atoms with Gasteiger partial charge in [-0.15, -0.1) is 0 Å². The molecule has 2 aliphatic heterocycles. The van der Waals surface area contributed by atoms with Crippen LogP contribution in [0.25, 0.3) is 11.0 Å². The van der Waals surface area contributed by atoms with Gasteiger partial charge in [-0.05, 0) is 80.8 Å². The smallest absolute Gasteiger partial charge is 0.408 e. The minimum Gasteiger partial charge on any atom is -0.497 e. The quantitative estimate of drug-likeness (QED) is 0.358. The summed E-state index contributed by atoms with van der Waals surface area (Å²) in [6.07, 6.45) is 0.724. The number of amides is 4. The molecule has 1 aromatic carbocycles. The lowest BCUT2D eigenvalue weighted by Gasteiger charge is -2.36. The van der Waals surface area contributed by atoms with Gasteiger partial charge in [-0.3, -0.25) is 19.1 Å². The first-order chi connectivity index (χ1) is 27.4. The number of nitrogens with one attached hydrogen (secondary N) is 3. The highest BCUT2D eigenvalue weighted by Crippen LogP contribution is 2.48. The average Bonchev–Trinajstić information content (AvgIpc) is 4.07. The van der Waals surface area contributed by atoms with E-state index >= 15 is 0 Å². The van der Waals surface area contributed by atoms with Crippen LogP contribution in [0, 0.1) is 23.2 Å². The Morgan fingerprint density at radius 1 is 1.03 bits per heavy atom. The van der Waals surface area contributed by atoms with Crippen LogP contribution in [0.15, 0.2) is 18.2 Å². The van der Waals surface area contributed by atoms with Gasteiger partial charge in [0, 0.05) is 12.5 Å². The number of benzene rings is 1. The van der Waals surface area contributed by atoms with Gasteiger partial charge in [-0.2, -0.15) is 0 Å². The summed E-state index contributed by atoms with van der Waals surface area (Å²) < 4.78 is 73.7. The number of sulfonamides is 1. The molecule has 0 spiro atoms. The average molecular weight is 833 g/mol. The minimum atomic E-state index is -4.14. The molecule has 1 aromatic heterocycles. The van der Waals surface area contributed by atoms with Gasteiger partial charge in [0.1, 0.15) is 41.3 Å². The Bertz CT molecular complexity index is 2050. The van der Waals surface area contributed by atoms with E-state index in [0.717, 1.165) is 38.5 Å². The molecule has 3 N–H and O–H groups in total. The Hall–Kier alpha value is -4.35. The monoisotopic (exact) mass is 832 g/mol. The van der Waals surface area contributed by atoms with Crippen LogP contribution in [0.4, 0.5) is 13.6 Å². The fourth-order valence-corrected chi connectivity index (χ4v) is 10.1. The first-order valence-electron chi connectivity index (χ1n) is 20.4. The number of alkyl halides is 2. The van der Waals surface area contributed by atoms with Crippen LogP contribution >= 0.6 is 0 Å². The van der Waals surface area contributed by atoms with E-state index < -0.39 is 87.0 Å². The number of aromatic nitrogens is 2. The lowest BCUT2D eigenvalue weighted by atomic mass is 9.85. The number of hydrogen-bond acceptors (Lipinski definition) is 11. The Kier molecular flexibility index (Phi) is 11.5. The van der Waals surface area contributed by atoms with Crippen LogP contribution in [-0.4, -0.2) is 102 Å². The van der Waals surface area contributed by atoms with Crippen LogP contribution in [0.5, 0.6) is 11.6 Å². The number of halogens is 2. The number of ether oxygens (including phenoxy) is 3. The molecule has 4 amide bonds. The maximum absolute atomic E-state index is 14.7. The summed E-state index contributed by atoms with van der Waals surface area (Å²) in [6, 6.07) is 2.73. The van der Waals surface area contributed by atoms with Gasteiger partial charge in [0.25, 0.3) is 5.91 Å². The SMILES string of the molecule is COc1ccc2nc3c(nc2c1)O[C@@H]1C[C@@H](C(=O)N[C@]2(C(=O)NS(=O)(=O)C4CC4)C[C@H]2C(F)F)N(C1)C(=O)[C@H](C(C)(C)C)NC(=O)O[C@H]1[C@H](CCCCC3)CC[C@H]1C. The summed E-state index contributed by atoms with van der Waals surface area (Å²) in [4.78, 5) is 67.1. The summed E-state index contributed by atoms with van der Waals surface area (Å²) in [7, 11) is -2.60. The summed E-state index contributed by atoms with van der Waals surface area (Å²) in [6.45, 7) is 7.14. The molecule has 2 aromatic rings.